The van der Waals surface area contributed by atoms with E-state index >= 15 is 0 Å². The molecule has 5 heteroatoms. The first kappa shape index (κ1) is 14.6. The average molecular weight is 291 g/mol. The van der Waals surface area contributed by atoms with E-state index in [1.807, 2.05) is 17.9 Å². The van der Waals surface area contributed by atoms with Gasteiger partial charge in [0.2, 0.25) is 5.91 Å². The first-order valence-electron chi connectivity index (χ1n) is 8.00. The van der Waals surface area contributed by atoms with Gasteiger partial charge >= 0.3 is 0 Å². The summed E-state index contributed by atoms with van der Waals surface area (Å²) in [5, 5.41) is 4.06. The van der Waals surface area contributed by atoms with Crippen molar-refractivity contribution in [1.29, 1.82) is 0 Å². The Labute approximate surface area is 126 Å². The van der Waals surface area contributed by atoms with E-state index in [2.05, 4.69) is 23.9 Å². The quantitative estimate of drug-likeness (QED) is 0.851. The van der Waals surface area contributed by atoms with E-state index in [-0.39, 0.29) is 6.04 Å². The first-order chi connectivity index (χ1) is 10.0. The summed E-state index contributed by atoms with van der Waals surface area (Å²) >= 11 is 0. The van der Waals surface area contributed by atoms with Crippen molar-refractivity contribution in [3.63, 3.8) is 0 Å². The molecule has 2 aliphatic heterocycles. The van der Waals surface area contributed by atoms with Crippen LogP contribution in [0.4, 0.5) is 0 Å². The Morgan fingerprint density at radius 2 is 2.24 bits per heavy atom. The van der Waals surface area contributed by atoms with Crippen LogP contribution in [-0.4, -0.2) is 53.1 Å². The third-order valence-electron chi connectivity index (χ3n) is 4.51. The van der Waals surface area contributed by atoms with Crippen molar-refractivity contribution in [3.8, 4) is 0 Å². The van der Waals surface area contributed by atoms with Gasteiger partial charge in [-0.1, -0.05) is 19.0 Å². The fraction of sp³-hybridized carbons (Fsp3) is 0.750. The van der Waals surface area contributed by atoms with Gasteiger partial charge in [0.25, 0.3) is 0 Å². The standard InChI is InChI=1S/C16H25N3O2/c1-11(2)8-18-6-4-5-15(18)16(20)19-9-13(10-19)14-7-12(3)21-17-14/h7,11,13,15H,4-6,8-10H2,1-3H3. The lowest BCUT2D eigenvalue weighted by Crippen LogP contribution is -2.55. The number of nitrogens with zero attached hydrogens (tertiary/aromatic N) is 3. The first-order valence-corrected chi connectivity index (χ1v) is 8.00. The minimum Gasteiger partial charge on any atom is -0.361 e. The third-order valence-corrected chi connectivity index (χ3v) is 4.51. The number of hydrogen-bond donors (Lipinski definition) is 0. The lowest BCUT2D eigenvalue weighted by molar-refractivity contribution is -0.140. The fourth-order valence-electron chi connectivity index (χ4n) is 3.43. The molecule has 0 spiro atoms. The SMILES string of the molecule is Cc1cc(C2CN(C(=O)C3CCCN3CC(C)C)C2)no1. The second-order valence-electron chi connectivity index (χ2n) is 6.85. The molecule has 0 bridgehead atoms. The van der Waals surface area contributed by atoms with Gasteiger partial charge in [-0.15, -0.1) is 0 Å². The van der Waals surface area contributed by atoms with Crippen molar-refractivity contribution in [2.45, 2.75) is 45.6 Å². The van der Waals surface area contributed by atoms with Gasteiger partial charge in [0, 0.05) is 31.6 Å². The molecule has 2 aliphatic rings. The summed E-state index contributed by atoms with van der Waals surface area (Å²) in [6, 6.07) is 2.08. The maximum absolute atomic E-state index is 12.6. The van der Waals surface area contributed by atoms with Crippen LogP contribution in [0, 0.1) is 12.8 Å². The van der Waals surface area contributed by atoms with Gasteiger partial charge in [-0.3, -0.25) is 9.69 Å². The van der Waals surface area contributed by atoms with Crippen LogP contribution in [0.15, 0.2) is 10.6 Å². The molecular formula is C16H25N3O2. The van der Waals surface area contributed by atoms with Gasteiger partial charge in [0.15, 0.2) is 0 Å². The largest absolute Gasteiger partial charge is 0.361 e. The molecule has 0 saturated carbocycles. The lowest BCUT2D eigenvalue weighted by atomic mass is 9.95. The van der Waals surface area contributed by atoms with E-state index < -0.39 is 0 Å². The highest BCUT2D eigenvalue weighted by atomic mass is 16.5. The molecule has 1 aromatic heterocycles. The summed E-state index contributed by atoms with van der Waals surface area (Å²) in [6.07, 6.45) is 2.15. The summed E-state index contributed by atoms with van der Waals surface area (Å²) in [4.78, 5) is 17.0. The molecular weight excluding hydrogens is 266 g/mol. The van der Waals surface area contributed by atoms with Crippen molar-refractivity contribution in [2.75, 3.05) is 26.2 Å². The van der Waals surface area contributed by atoms with E-state index in [0.29, 0.717) is 17.7 Å². The molecule has 2 saturated heterocycles. The number of likely N-dealkylation sites (tertiary alicyclic amines) is 2. The summed E-state index contributed by atoms with van der Waals surface area (Å²) in [5.74, 6) is 2.12. The smallest absolute Gasteiger partial charge is 0.239 e. The molecule has 3 rings (SSSR count). The molecule has 0 N–H and O–H groups in total. The van der Waals surface area contributed by atoms with Gasteiger partial charge in [-0.25, -0.2) is 0 Å². The van der Waals surface area contributed by atoms with Gasteiger partial charge in [-0.2, -0.15) is 0 Å². The maximum Gasteiger partial charge on any atom is 0.239 e. The molecule has 0 radical (unpaired) electrons. The second kappa shape index (κ2) is 5.79. The van der Waals surface area contributed by atoms with Gasteiger partial charge < -0.3 is 9.42 Å². The van der Waals surface area contributed by atoms with Crippen LogP contribution < -0.4 is 0 Å². The van der Waals surface area contributed by atoms with Gasteiger partial charge in [0.1, 0.15) is 5.76 Å². The highest BCUT2D eigenvalue weighted by molar-refractivity contribution is 5.83. The Bertz CT molecular complexity index is 505. The zero-order valence-corrected chi connectivity index (χ0v) is 13.2. The number of carbonyl (C=O) groups is 1. The number of aryl methyl sites for hydroxylation is 1. The average Bonchev–Trinajstić information content (AvgIpc) is 2.96. The fourth-order valence-corrected chi connectivity index (χ4v) is 3.43. The predicted molar refractivity (Wildman–Crippen MR) is 80.0 cm³/mol. The van der Waals surface area contributed by atoms with Crippen LogP contribution >= 0.6 is 0 Å². The number of carbonyl (C=O) groups excluding carboxylic acids is 1. The highest BCUT2D eigenvalue weighted by Gasteiger charge is 2.40. The van der Waals surface area contributed by atoms with Crippen molar-refractivity contribution in [1.82, 2.24) is 15.0 Å². The number of hydrogen-bond acceptors (Lipinski definition) is 4. The van der Waals surface area contributed by atoms with E-state index in [1.165, 1.54) is 0 Å². The molecule has 0 aliphatic carbocycles. The van der Waals surface area contributed by atoms with Gasteiger partial charge in [-0.05, 0) is 32.2 Å². The zero-order valence-electron chi connectivity index (χ0n) is 13.2. The molecule has 21 heavy (non-hydrogen) atoms. The minimum absolute atomic E-state index is 0.104. The lowest BCUT2D eigenvalue weighted by Gasteiger charge is -2.41. The topological polar surface area (TPSA) is 49.6 Å². The molecule has 1 amide bonds. The summed E-state index contributed by atoms with van der Waals surface area (Å²) in [6.45, 7) is 10.00. The molecule has 2 fully saturated rings. The Hall–Kier alpha value is -1.36. The second-order valence-corrected chi connectivity index (χ2v) is 6.85. The highest BCUT2D eigenvalue weighted by Crippen LogP contribution is 2.29. The maximum atomic E-state index is 12.6. The summed E-state index contributed by atoms with van der Waals surface area (Å²) in [7, 11) is 0. The van der Waals surface area contributed by atoms with Crippen molar-refractivity contribution in [2.24, 2.45) is 5.92 Å². The van der Waals surface area contributed by atoms with E-state index in [1.54, 1.807) is 0 Å². The van der Waals surface area contributed by atoms with Crippen molar-refractivity contribution in [3.05, 3.63) is 17.5 Å². The van der Waals surface area contributed by atoms with Crippen LogP contribution in [0.1, 0.15) is 44.1 Å². The van der Waals surface area contributed by atoms with Crippen LogP contribution in [0.5, 0.6) is 0 Å². The Morgan fingerprint density at radius 1 is 1.48 bits per heavy atom. The minimum atomic E-state index is 0.104. The normalized spacial score (nSPS) is 23.8. The van der Waals surface area contributed by atoms with Crippen molar-refractivity contribution >= 4 is 5.91 Å². The summed E-state index contributed by atoms with van der Waals surface area (Å²) < 4.78 is 5.12. The zero-order chi connectivity index (χ0) is 15.0. The molecule has 0 aromatic carbocycles. The van der Waals surface area contributed by atoms with Crippen LogP contribution in [0.3, 0.4) is 0 Å². The van der Waals surface area contributed by atoms with E-state index in [4.69, 9.17) is 4.52 Å². The molecule has 1 unspecified atom stereocenters. The van der Waals surface area contributed by atoms with Crippen LogP contribution in [-0.2, 0) is 4.79 Å². The summed E-state index contributed by atoms with van der Waals surface area (Å²) in [5.41, 5.74) is 0.988. The monoisotopic (exact) mass is 291 g/mol. The number of rotatable bonds is 4. The predicted octanol–water partition coefficient (Wildman–Crippen LogP) is 2.03. The molecule has 1 atom stereocenters. The molecule has 116 valence electrons. The van der Waals surface area contributed by atoms with Crippen LogP contribution in [0.25, 0.3) is 0 Å². The molecule has 3 heterocycles. The number of amides is 1. The Morgan fingerprint density at radius 3 is 2.86 bits per heavy atom. The van der Waals surface area contributed by atoms with E-state index in [9.17, 15) is 4.79 Å². The molecule has 1 aromatic rings. The van der Waals surface area contributed by atoms with Gasteiger partial charge in [0.05, 0.1) is 11.7 Å². The van der Waals surface area contributed by atoms with Crippen molar-refractivity contribution < 1.29 is 9.32 Å². The number of aromatic nitrogens is 1. The molecule has 5 nitrogen and oxygen atoms in total. The Balaban J connectivity index is 1.55. The van der Waals surface area contributed by atoms with E-state index in [0.717, 1.165) is 50.5 Å². The Kier molecular flexibility index (Phi) is 4.02. The van der Waals surface area contributed by atoms with Crippen LogP contribution in [0.2, 0.25) is 0 Å². The third kappa shape index (κ3) is 2.98.